The summed E-state index contributed by atoms with van der Waals surface area (Å²) in [7, 11) is 2.63. The zero-order valence-corrected chi connectivity index (χ0v) is 16.2. The lowest BCUT2D eigenvalue weighted by molar-refractivity contribution is 0.0377. The molecule has 0 unspecified atom stereocenters. The van der Waals surface area contributed by atoms with E-state index in [0.29, 0.717) is 29.0 Å². The molecule has 4 rings (SSSR count). The molecule has 2 aromatic carbocycles. The van der Waals surface area contributed by atoms with Gasteiger partial charge >= 0.3 is 18.0 Å². The molecule has 0 radical (unpaired) electrons. The molecule has 0 saturated carbocycles. The minimum absolute atomic E-state index is 0.300. The van der Waals surface area contributed by atoms with Gasteiger partial charge in [-0.3, -0.25) is 4.90 Å². The summed E-state index contributed by atoms with van der Waals surface area (Å²) in [5.41, 5.74) is 1.18. The number of hydrogen-bond acceptors (Lipinski definition) is 6. The summed E-state index contributed by atoms with van der Waals surface area (Å²) >= 11 is 0. The molecule has 2 aliphatic rings. The van der Waals surface area contributed by atoms with Gasteiger partial charge in [-0.2, -0.15) is 0 Å². The molecule has 0 spiro atoms. The van der Waals surface area contributed by atoms with Crippen molar-refractivity contribution in [3.8, 4) is 5.75 Å². The van der Waals surface area contributed by atoms with Crippen LogP contribution in [0.5, 0.6) is 5.75 Å². The molecule has 1 N–H and O–H groups in total. The minimum Gasteiger partial charge on any atom is -0.467 e. The highest BCUT2D eigenvalue weighted by atomic mass is 16.5. The van der Waals surface area contributed by atoms with Crippen LogP contribution in [-0.2, 0) is 9.47 Å². The van der Waals surface area contributed by atoms with Crippen LogP contribution < -0.4 is 15.0 Å². The molecule has 2 atom stereocenters. The van der Waals surface area contributed by atoms with E-state index in [9.17, 15) is 14.4 Å². The van der Waals surface area contributed by atoms with Crippen molar-refractivity contribution in [1.29, 1.82) is 0 Å². The predicted molar refractivity (Wildman–Crippen MR) is 103 cm³/mol. The zero-order valence-electron chi connectivity index (χ0n) is 16.2. The third-order valence-electron chi connectivity index (χ3n) is 5.24. The Morgan fingerprint density at radius 3 is 2.34 bits per heavy atom. The van der Waals surface area contributed by atoms with E-state index in [4.69, 9.17) is 14.2 Å². The van der Waals surface area contributed by atoms with E-state index in [1.165, 1.54) is 19.1 Å². The van der Waals surface area contributed by atoms with Gasteiger partial charge in [0.25, 0.3) is 0 Å². The molecule has 2 amide bonds. The Morgan fingerprint density at radius 1 is 1.07 bits per heavy atom. The van der Waals surface area contributed by atoms with Gasteiger partial charge in [-0.05, 0) is 49.4 Å². The highest BCUT2D eigenvalue weighted by Gasteiger charge is 2.50. The summed E-state index contributed by atoms with van der Waals surface area (Å²) < 4.78 is 15.7. The lowest BCUT2D eigenvalue weighted by atomic mass is 9.89. The lowest BCUT2D eigenvalue weighted by Crippen LogP contribution is -2.65. The fourth-order valence-electron chi connectivity index (χ4n) is 3.87. The molecular formula is C21H20N2O6. The normalized spacial score (nSPS) is 22.1. The fraction of sp³-hybridized carbons (Fsp3) is 0.286. The van der Waals surface area contributed by atoms with Crippen molar-refractivity contribution in [3.05, 3.63) is 59.2 Å². The van der Waals surface area contributed by atoms with Crippen molar-refractivity contribution in [1.82, 2.24) is 5.32 Å². The number of nitrogens with one attached hydrogen (secondary N) is 1. The van der Waals surface area contributed by atoms with E-state index < -0.39 is 17.7 Å². The second-order valence-electron chi connectivity index (χ2n) is 7.10. The van der Waals surface area contributed by atoms with Crippen LogP contribution in [0.1, 0.15) is 45.7 Å². The quantitative estimate of drug-likeness (QED) is 0.802. The molecule has 8 nitrogen and oxygen atoms in total. The van der Waals surface area contributed by atoms with Gasteiger partial charge in [0.2, 0.25) is 0 Å². The topological polar surface area (TPSA) is 94.2 Å². The number of carbonyl (C=O) groups is 3. The van der Waals surface area contributed by atoms with Crippen LogP contribution >= 0.6 is 0 Å². The van der Waals surface area contributed by atoms with E-state index in [1.54, 1.807) is 42.5 Å². The van der Waals surface area contributed by atoms with E-state index in [1.807, 2.05) is 6.92 Å². The number of carbonyl (C=O) groups excluding carboxylic acids is 3. The summed E-state index contributed by atoms with van der Waals surface area (Å²) in [6.07, 6.45) is 0.481. The number of urea groups is 1. The maximum Gasteiger partial charge on any atom is 0.337 e. The molecular weight excluding hydrogens is 376 g/mol. The van der Waals surface area contributed by atoms with E-state index >= 15 is 0 Å². The second kappa shape index (κ2) is 6.80. The van der Waals surface area contributed by atoms with Gasteiger partial charge in [-0.25, -0.2) is 14.4 Å². The highest BCUT2D eigenvalue weighted by Crippen LogP contribution is 2.45. The fourth-order valence-corrected chi connectivity index (χ4v) is 3.87. The van der Waals surface area contributed by atoms with E-state index in [-0.39, 0.29) is 12.1 Å². The Morgan fingerprint density at radius 2 is 1.69 bits per heavy atom. The number of benzene rings is 2. The molecule has 1 fully saturated rings. The maximum absolute atomic E-state index is 12.9. The van der Waals surface area contributed by atoms with Gasteiger partial charge in [0.05, 0.1) is 31.4 Å². The van der Waals surface area contributed by atoms with Crippen LogP contribution in [0.2, 0.25) is 0 Å². The van der Waals surface area contributed by atoms with Crippen LogP contribution in [0.3, 0.4) is 0 Å². The standard InChI is InChI=1S/C21H20N2O6/c1-21-11-16(15-10-13(19(25)28-3)6-9-17(15)29-21)22-20(26)23(21)14-7-4-12(5-8-14)18(24)27-2/h4-10,16H,11H2,1-3H3,(H,22,26)/t16-,21+/m0/s1. The number of amides is 2. The molecule has 2 heterocycles. The number of esters is 2. The molecule has 0 aromatic heterocycles. The van der Waals surface area contributed by atoms with Crippen molar-refractivity contribution in [2.45, 2.75) is 25.1 Å². The Kier molecular flexibility index (Phi) is 4.41. The van der Waals surface area contributed by atoms with Gasteiger partial charge in [0.15, 0.2) is 5.72 Å². The first kappa shape index (κ1) is 18.8. The average Bonchev–Trinajstić information content (AvgIpc) is 2.72. The Balaban J connectivity index is 1.69. The number of anilines is 1. The largest absolute Gasteiger partial charge is 0.467 e. The molecule has 29 heavy (non-hydrogen) atoms. The number of rotatable bonds is 3. The smallest absolute Gasteiger partial charge is 0.337 e. The number of hydrogen-bond donors (Lipinski definition) is 1. The molecule has 2 aromatic rings. The van der Waals surface area contributed by atoms with Crippen LogP contribution in [0.25, 0.3) is 0 Å². The summed E-state index contributed by atoms with van der Waals surface area (Å²) in [6, 6.07) is 11.0. The van der Waals surface area contributed by atoms with Gasteiger partial charge in [-0.15, -0.1) is 0 Å². The van der Waals surface area contributed by atoms with Gasteiger partial charge < -0.3 is 19.5 Å². The van der Waals surface area contributed by atoms with E-state index in [0.717, 1.165) is 5.56 Å². The summed E-state index contributed by atoms with van der Waals surface area (Å²) in [5, 5.41) is 2.97. The van der Waals surface area contributed by atoms with Crippen LogP contribution in [0, 0.1) is 0 Å². The third kappa shape index (κ3) is 3.06. The highest BCUT2D eigenvalue weighted by molar-refractivity contribution is 5.96. The summed E-state index contributed by atoms with van der Waals surface area (Å²) in [6.45, 7) is 1.84. The van der Waals surface area contributed by atoms with Crippen molar-refractivity contribution >= 4 is 23.7 Å². The van der Waals surface area contributed by atoms with Gasteiger partial charge in [0, 0.05) is 17.7 Å². The summed E-state index contributed by atoms with van der Waals surface area (Å²) in [4.78, 5) is 38.0. The molecule has 8 heteroatoms. The maximum atomic E-state index is 12.9. The van der Waals surface area contributed by atoms with E-state index in [2.05, 4.69) is 5.32 Å². The van der Waals surface area contributed by atoms with Crippen molar-refractivity contribution in [2.24, 2.45) is 0 Å². The number of nitrogens with zero attached hydrogens (tertiary/aromatic N) is 1. The monoisotopic (exact) mass is 396 g/mol. The molecule has 2 aliphatic heterocycles. The predicted octanol–water partition coefficient (Wildman–Crippen LogP) is 3.03. The summed E-state index contributed by atoms with van der Waals surface area (Å²) in [5.74, 6) is -0.307. The van der Waals surface area contributed by atoms with Crippen LogP contribution in [-0.4, -0.2) is 37.9 Å². The van der Waals surface area contributed by atoms with Crippen molar-refractivity contribution in [2.75, 3.05) is 19.1 Å². The Labute approximate surface area is 167 Å². The lowest BCUT2D eigenvalue weighted by Gasteiger charge is -2.50. The minimum atomic E-state index is -0.931. The second-order valence-corrected chi connectivity index (χ2v) is 7.10. The van der Waals surface area contributed by atoms with Gasteiger partial charge in [-0.1, -0.05) is 0 Å². The zero-order chi connectivity index (χ0) is 20.8. The van der Waals surface area contributed by atoms with Crippen molar-refractivity contribution < 1.29 is 28.6 Å². The Bertz CT molecular complexity index is 1000. The Hall–Kier alpha value is -3.55. The first-order valence-electron chi connectivity index (χ1n) is 9.06. The molecule has 1 saturated heterocycles. The number of ether oxygens (including phenoxy) is 3. The molecule has 150 valence electrons. The van der Waals surface area contributed by atoms with Crippen LogP contribution in [0.15, 0.2) is 42.5 Å². The van der Waals surface area contributed by atoms with Gasteiger partial charge in [0.1, 0.15) is 5.75 Å². The molecule has 2 bridgehead atoms. The first-order chi connectivity index (χ1) is 13.9. The average molecular weight is 396 g/mol. The number of methoxy groups -OCH3 is 2. The van der Waals surface area contributed by atoms with Crippen LogP contribution in [0.4, 0.5) is 10.5 Å². The SMILES string of the molecule is COC(=O)c1ccc(N2C(=O)N[C@H]3C[C@@]2(C)Oc2ccc(C(=O)OC)cc23)cc1. The third-order valence-corrected chi connectivity index (χ3v) is 5.24. The first-order valence-corrected chi connectivity index (χ1v) is 9.06. The number of fused-ring (bicyclic) bond motifs is 4. The molecule has 0 aliphatic carbocycles. The van der Waals surface area contributed by atoms with Crippen molar-refractivity contribution in [3.63, 3.8) is 0 Å².